The number of halogens is 4. The van der Waals surface area contributed by atoms with Gasteiger partial charge in [0, 0.05) is 6.54 Å². The van der Waals surface area contributed by atoms with Gasteiger partial charge < -0.3 is 11.1 Å². The number of hydrogen-bond acceptors (Lipinski definition) is 1. The highest BCUT2D eigenvalue weighted by Gasteiger charge is 2.33. The third-order valence-electron chi connectivity index (χ3n) is 2.35. The molecule has 0 aliphatic heterocycles. The van der Waals surface area contributed by atoms with E-state index in [4.69, 9.17) is 5.73 Å². The van der Waals surface area contributed by atoms with Crippen LogP contribution < -0.4 is 11.1 Å². The topological polar surface area (TPSA) is 50.4 Å². The molecule has 7 heteroatoms. The van der Waals surface area contributed by atoms with E-state index in [2.05, 4.69) is 10.3 Å². The van der Waals surface area contributed by atoms with Gasteiger partial charge >= 0.3 is 6.18 Å². The lowest BCUT2D eigenvalue weighted by atomic mass is 10.1. The Hall–Kier alpha value is -1.79. The van der Waals surface area contributed by atoms with Crippen LogP contribution in [0.3, 0.4) is 0 Å². The van der Waals surface area contributed by atoms with Crippen LogP contribution in [0.15, 0.2) is 23.2 Å². The zero-order valence-electron chi connectivity index (χ0n) is 10.4. The molecule has 0 aliphatic carbocycles. The molecule has 0 heterocycles. The molecule has 19 heavy (non-hydrogen) atoms. The van der Waals surface area contributed by atoms with Crippen LogP contribution in [0.1, 0.15) is 24.5 Å². The highest BCUT2D eigenvalue weighted by molar-refractivity contribution is 5.77. The van der Waals surface area contributed by atoms with Gasteiger partial charge in [-0.15, -0.1) is 0 Å². The second kappa shape index (κ2) is 6.40. The molecule has 0 unspecified atom stereocenters. The van der Waals surface area contributed by atoms with Gasteiger partial charge in [0.1, 0.15) is 5.82 Å². The van der Waals surface area contributed by atoms with E-state index < -0.39 is 17.6 Å². The summed E-state index contributed by atoms with van der Waals surface area (Å²) in [7, 11) is 0. The summed E-state index contributed by atoms with van der Waals surface area (Å²) in [4.78, 5) is 3.80. The van der Waals surface area contributed by atoms with Crippen LogP contribution in [0.5, 0.6) is 0 Å². The Morgan fingerprint density at radius 3 is 2.63 bits per heavy atom. The third-order valence-corrected chi connectivity index (χ3v) is 2.35. The molecule has 3 N–H and O–H groups in total. The predicted octanol–water partition coefficient (Wildman–Crippen LogP) is 2.66. The fourth-order valence-electron chi connectivity index (χ4n) is 1.43. The molecule has 3 nitrogen and oxygen atoms in total. The van der Waals surface area contributed by atoms with Crippen molar-refractivity contribution in [1.82, 2.24) is 5.32 Å². The summed E-state index contributed by atoms with van der Waals surface area (Å²) in [6.45, 7) is 2.25. The molecule has 1 aromatic carbocycles. The quantitative estimate of drug-likeness (QED) is 0.505. The van der Waals surface area contributed by atoms with Gasteiger partial charge in [-0.3, -0.25) is 0 Å². The Morgan fingerprint density at radius 2 is 2.05 bits per heavy atom. The van der Waals surface area contributed by atoms with E-state index in [-0.39, 0.29) is 18.1 Å². The van der Waals surface area contributed by atoms with Crippen molar-refractivity contribution in [3.63, 3.8) is 0 Å². The Morgan fingerprint density at radius 1 is 1.37 bits per heavy atom. The minimum absolute atomic E-state index is 0.0688. The first-order valence-electron chi connectivity index (χ1n) is 5.74. The number of nitrogens with one attached hydrogen (secondary N) is 1. The summed E-state index contributed by atoms with van der Waals surface area (Å²) < 4.78 is 51.0. The Labute approximate surface area is 108 Å². The van der Waals surface area contributed by atoms with Gasteiger partial charge in [-0.1, -0.05) is 13.0 Å². The number of alkyl halides is 3. The summed E-state index contributed by atoms with van der Waals surface area (Å²) in [5, 5.41) is 2.74. The standard InChI is InChI=1S/C12H15F4N3/c1-2-5-18-11(17)19-7-8-3-4-9(13)6-10(8)12(14,15)16/h3-4,6H,2,5,7H2,1H3,(H3,17,18,19). The predicted molar refractivity (Wildman–Crippen MR) is 65.0 cm³/mol. The molecular weight excluding hydrogens is 262 g/mol. The number of aliphatic imine (C=N–C) groups is 1. The van der Waals surface area contributed by atoms with Gasteiger partial charge in [0.15, 0.2) is 5.96 Å². The maximum Gasteiger partial charge on any atom is 0.416 e. The van der Waals surface area contributed by atoms with E-state index >= 15 is 0 Å². The van der Waals surface area contributed by atoms with Crippen molar-refractivity contribution in [2.24, 2.45) is 10.7 Å². The van der Waals surface area contributed by atoms with Crippen LogP contribution >= 0.6 is 0 Å². The molecule has 0 fully saturated rings. The van der Waals surface area contributed by atoms with Gasteiger partial charge in [-0.25, -0.2) is 9.38 Å². The molecule has 0 saturated heterocycles. The molecule has 0 radical (unpaired) electrons. The molecule has 0 atom stereocenters. The van der Waals surface area contributed by atoms with Crippen molar-refractivity contribution in [1.29, 1.82) is 0 Å². The van der Waals surface area contributed by atoms with Crippen molar-refractivity contribution in [2.45, 2.75) is 26.1 Å². The van der Waals surface area contributed by atoms with Crippen LogP contribution in [-0.2, 0) is 12.7 Å². The van der Waals surface area contributed by atoms with Crippen molar-refractivity contribution in [3.8, 4) is 0 Å². The number of benzene rings is 1. The first-order chi connectivity index (χ1) is 8.84. The van der Waals surface area contributed by atoms with Gasteiger partial charge in [0.25, 0.3) is 0 Å². The fraction of sp³-hybridized carbons (Fsp3) is 0.417. The van der Waals surface area contributed by atoms with Crippen molar-refractivity contribution < 1.29 is 17.6 Å². The van der Waals surface area contributed by atoms with E-state index in [0.29, 0.717) is 12.6 Å². The first-order valence-corrected chi connectivity index (χ1v) is 5.74. The zero-order chi connectivity index (χ0) is 14.5. The summed E-state index contributed by atoms with van der Waals surface area (Å²) in [5.41, 5.74) is 4.34. The van der Waals surface area contributed by atoms with Crippen molar-refractivity contribution in [2.75, 3.05) is 6.54 Å². The van der Waals surface area contributed by atoms with E-state index in [1.54, 1.807) is 0 Å². The van der Waals surface area contributed by atoms with Crippen molar-refractivity contribution >= 4 is 5.96 Å². The normalized spacial score (nSPS) is 12.6. The van der Waals surface area contributed by atoms with Crippen LogP contribution in [0.2, 0.25) is 0 Å². The van der Waals surface area contributed by atoms with E-state index in [0.717, 1.165) is 18.6 Å². The lowest BCUT2D eigenvalue weighted by Crippen LogP contribution is -2.32. The first kappa shape index (κ1) is 15.3. The Balaban J connectivity index is 2.89. The smallest absolute Gasteiger partial charge is 0.370 e. The summed E-state index contributed by atoms with van der Waals surface area (Å²) >= 11 is 0. The minimum Gasteiger partial charge on any atom is -0.370 e. The molecule has 0 saturated carbocycles. The number of guanidine groups is 1. The number of nitrogens with two attached hydrogens (primary N) is 1. The van der Waals surface area contributed by atoms with Gasteiger partial charge in [-0.2, -0.15) is 13.2 Å². The molecule has 1 rings (SSSR count). The Bertz CT molecular complexity index is 455. The number of nitrogens with zero attached hydrogens (tertiary/aromatic N) is 1. The highest BCUT2D eigenvalue weighted by atomic mass is 19.4. The summed E-state index contributed by atoms with van der Waals surface area (Å²) in [6, 6.07) is 2.49. The molecule has 0 bridgehead atoms. The average molecular weight is 277 g/mol. The van der Waals surface area contributed by atoms with Gasteiger partial charge in [0.2, 0.25) is 0 Å². The van der Waals surface area contributed by atoms with Gasteiger partial charge in [-0.05, 0) is 24.1 Å². The SMILES string of the molecule is CCCNC(N)=NCc1ccc(F)cc1C(F)(F)F. The van der Waals surface area contributed by atoms with Gasteiger partial charge in [0.05, 0.1) is 12.1 Å². The molecule has 0 spiro atoms. The molecule has 0 aliphatic rings. The number of rotatable bonds is 4. The summed E-state index contributed by atoms with van der Waals surface area (Å²) in [5.74, 6) is -0.864. The lowest BCUT2D eigenvalue weighted by Gasteiger charge is -2.12. The lowest BCUT2D eigenvalue weighted by molar-refractivity contribution is -0.138. The third kappa shape index (κ3) is 4.76. The zero-order valence-corrected chi connectivity index (χ0v) is 10.4. The Kier molecular flexibility index (Phi) is 5.14. The molecule has 1 aromatic rings. The van der Waals surface area contributed by atoms with E-state index in [1.165, 1.54) is 0 Å². The van der Waals surface area contributed by atoms with Crippen LogP contribution in [0, 0.1) is 5.82 Å². The second-order valence-corrected chi connectivity index (χ2v) is 3.93. The van der Waals surface area contributed by atoms with Crippen LogP contribution in [0.4, 0.5) is 17.6 Å². The molecule has 0 aromatic heterocycles. The molecule has 106 valence electrons. The molecule has 0 amide bonds. The highest BCUT2D eigenvalue weighted by Crippen LogP contribution is 2.32. The molecular formula is C12H15F4N3. The van der Waals surface area contributed by atoms with Crippen LogP contribution in [0.25, 0.3) is 0 Å². The fourth-order valence-corrected chi connectivity index (χ4v) is 1.43. The maximum atomic E-state index is 12.9. The van der Waals surface area contributed by atoms with E-state index in [9.17, 15) is 17.6 Å². The average Bonchev–Trinajstić information content (AvgIpc) is 2.33. The van der Waals surface area contributed by atoms with Crippen LogP contribution in [-0.4, -0.2) is 12.5 Å². The van der Waals surface area contributed by atoms with E-state index in [1.807, 2.05) is 6.92 Å². The minimum atomic E-state index is -4.61. The summed E-state index contributed by atoms with van der Waals surface area (Å²) in [6.07, 6.45) is -3.79. The second-order valence-electron chi connectivity index (χ2n) is 3.93. The van der Waals surface area contributed by atoms with Crippen molar-refractivity contribution in [3.05, 3.63) is 35.1 Å². The number of hydrogen-bond donors (Lipinski definition) is 2. The monoisotopic (exact) mass is 277 g/mol. The largest absolute Gasteiger partial charge is 0.416 e. The maximum absolute atomic E-state index is 12.9.